The molecule has 0 aliphatic heterocycles. The summed E-state index contributed by atoms with van der Waals surface area (Å²) in [4.78, 5) is 12.3. The number of rotatable bonds is 13. The number of esters is 1. The van der Waals surface area contributed by atoms with Crippen molar-refractivity contribution in [2.45, 2.75) is 77.6 Å². The zero-order valence-corrected chi connectivity index (χ0v) is 19.7. The number of fused-ring (bicyclic) bond motifs is 1. The Balaban J connectivity index is 1.52. The number of aryl methyl sites for hydroxylation is 1. The fourth-order valence-corrected chi connectivity index (χ4v) is 4.62. The van der Waals surface area contributed by atoms with Crippen LogP contribution in [0.5, 0.6) is 0 Å². The zero-order valence-electron chi connectivity index (χ0n) is 18.9. The first kappa shape index (κ1) is 23.4. The van der Waals surface area contributed by atoms with Crippen molar-refractivity contribution in [3.05, 3.63) is 47.5 Å². The van der Waals surface area contributed by atoms with Crippen LogP contribution < -0.4 is 0 Å². The Morgan fingerprint density at radius 2 is 1.48 bits per heavy atom. The van der Waals surface area contributed by atoms with Crippen molar-refractivity contribution in [3.8, 4) is 11.1 Å². The maximum absolute atomic E-state index is 12.3. The molecule has 0 spiro atoms. The Kier molecular flexibility index (Phi) is 9.47. The quantitative estimate of drug-likeness (QED) is 0.203. The molecule has 0 bridgehead atoms. The molecule has 0 N–H and O–H groups in total. The van der Waals surface area contributed by atoms with Crippen LogP contribution in [0.3, 0.4) is 0 Å². The highest BCUT2D eigenvalue weighted by atomic mass is 32.1. The van der Waals surface area contributed by atoms with Crippen LogP contribution in [-0.4, -0.2) is 21.8 Å². The summed E-state index contributed by atoms with van der Waals surface area (Å²) in [5.74, 6) is -0.348. The van der Waals surface area contributed by atoms with Crippen molar-refractivity contribution in [1.29, 1.82) is 0 Å². The highest BCUT2D eigenvalue weighted by Gasteiger charge is 2.18. The normalized spacial score (nSPS) is 11.2. The molecule has 31 heavy (non-hydrogen) atoms. The Morgan fingerprint density at radius 1 is 0.839 bits per heavy atom. The van der Waals surface area contributed by atoms with Crippen LogP contribution in [0.4, 0.5) is 0 Å². The lowest BCUT2D eigenvalue weighted by Gasteiger charge is -2.10. The third-order valence-electron chi connectivity index (χ3n) is 5.89. The second kappa shape index (κ2) is 12.6. The summed E-state index contributed by atoms with van der Waals surface area (Å²) < 4.78 is 13.7. The van der Waals surface area contributed by atoms with Crippen molar-refractivity contribution in [2.75, 3.05) is 7.11 Å². The first-order valence-corrected chi connectivity index (χ1v) is 12.4. The van der Waals surface area contributed by atoms with Crippen LogP contribution in [0.1, 0.15) is 87.1 Å². The molecule has 0 fully saturated rings. The summed E-state index contributed by atoms with van der Waals surface area (Å²) in [6.45, 7) is 2.27. The number of carbonyl (C=O) groups is 1. The Morgan fingerprint density at radius 3 is 2.13 bits per heavy atom. The van der Waals surface area contributed by atoms with E-state index in [0.29, 0.717) is 5.56 Å². The Bertz CT molecular complexity index is 950. The number of aromatic nitrogens is 2. The molecule has 0 aliphatic carbocycles. The van der Waals surface area contributed by atoms with Crippen molar-refractivity contribution >= 4 is 28.7 Å². The SMILES string of the molecule is CCCCCCCCCCCCc1ccc(-c2c(C(=O)OC)ccc3nsnc23)cc1. The van der Waals surface area contributed by atoms with Gasteiger partial charge in [-0.25, -0.2) is 4.79 Å². The second-order valence-electron chi connectivity index (χ2n) is 8.24. The number of hydrogen-bond donors (Lipinski definition) is 0. The molecule has 4 nitrogen and oxygen atoms in total. The van der Waals surface area contributed by atoms with E-state index in [2.05, 4.69) is 39.9 Å². The molecule has 3 rings (SSSR count). The van der Waals surface area contributed by atoms with Gasteiger partial charge in [-0.15, -0.1) is 0 Å². The van der Waals surface area contributed by atoms with Gasteiger partial charge in [-0.05, 0) is 36.1 Å². The summed E-state index contributed by atoms with van der Waals surface area (Å²) in [5.41, 5.74) is 5.23. The smallest absolute Gasteiger partial charge is 0.338 e. The molecular formula is C26H34N2O2S. The average molecular weight is 439 g/mol. The molecule has 3 aromatic rings. The van der Waals surface area contributed by atoms with Crippen LogP contribution in [0.25, 0.3) is 22.2 Å². The van der Waals surface area contributed by atoms with Crippen LogP contribution in [-0.2, 0) is 11.2 Å². The monoisotopic (exact) mass is 438 g/mol. The standard InChI is InChI=1S/C26H34N2O2S/c1-3-4-5-6-7-8-9-10-11-12-13-20-14-16-21(17-15-20)24-22(26(29)30-2)18-19-23-25(24)28-31-27-23/h14-19H,3-13H2,1-2H3. The topological polar surface area (TPSA) is 52.1 Å². The Hall–Kier alpha value is -2.27. The molecule has 0 atom stereocenters. The number of unbranched alkanes of at least 4 members (excludes halogenated alkanes) is 9. The highest BCUT2D eigenvalue weighted by Crippen LogP contribution is 2.32. The summed E-state index contributed by atoms with van der Waals surface area (Å²) in [5, 5.41) is 0. The van der Waals surface area contributed by atoms with E-state index in [9.17, 15) is 4.79 Å². The molecule has 0 aliphatic rings. The maximum Gasteiger partial charge on any atom is 0.338 e. The van der Waals surface area contributed by atoms with Crippen molar-refractivity contribution < 1.29 is 9.53 Å². The van der Waals surface area contributed by atoms with Gasteiger partial charge in [0.2, 0.25) is 0 Å². The fourth-order valence-electron chi connectivity index (χ4n) is 4.08. The lowest BCUT2D eigenvalue weighted by molar-refractivity contribution is 0.0602. The number of benzene rings is 2. The minimum absolute atomic E-state index is 0.348. The molecule has 5 heteroatoms. The minimum Gasteiger partial charge on any atom is -0.465 e. The minimum atomic E-state index is -0.348. The first-order valence-electron chi connectivity index (χ1n) is 11.7. The Labute approximate surface area is 190 Å². The van der Waals surface area contributed by atoms with Gasteiger partial charge < -0.3 is 4.74 Å². The summed E-state index contributed by atoms with van der Waals surface area (Å²) in [7, 11) is 1.41. The van der Waals surface area contributed by atoms with Gasteiger partial charge in [0.1, 0.15) is 11.0 Å². The van der Waals surface area contributed by atoms with E-state index in [-0.39, 0.29) is 5.97 Å². The van der Waals surface area contributed by atoms with Gasteiger partial charge in [-0.1, -0.05) is 89.0 Å². The van der Waals surface area contributed by atoms with Gasteiger partial charge in [0.25, 0.3) is 0 Å². The van der Waals surface area contributed by atoms with E-state index in [0.717, 1.165) is 40.3 Å². The molecule has 0 unspecified atom stereocenters. The maximum atomic E-state index is 12.3. The predicted octanol–water partition coefficient (Wildman–Crippen LogP) is 7.61. The third-order valence-corrected chi connectivity index (χ3v) is 6.44. The van der Waals surface area contributed by atoms with Crippen molar-refractivity contribution in [3.63, 3.8) is 0 Å². The van der Waals surface area contributed by atoms with Crippen molar-refractivity contribution in [1.82, 2.24) is 8.75 Å². The fraction of sp³-hybridized carbons (Fsp3) is 0.500. The van der Waals surface area contributed by atoms with Crippen molar-refractivity contribution in [2.24, 2.45) is 0 Å². The van der Waals surface area contributed by atoms with Crippen LogP contribution in [0.2, 0.25) is 0 Å². The molecule has 1 heterocycles. The number of nitrogens with zero attached hydrogens (tertiary/aromatic N) is 2. The van der Waals surface area contributed by atoms with Crippen LogP contribution >= 0.6 is 11.7 Å². The highest BCUT2D eigenvalue weighted by molar-refractivity contribution is 7.00. The van der Waals surface area contributed by atoms with Gasteiger partial charge in [0, 0.05) is 5.56 Å². The molecule has 0 saturated heterocycles. The van der Waals surface area contributed by atoms with Gasteiger partial charge in [0.15, 0.2) is 0 Å². The number of hydrogen-bond acceptors (Lipinski definition) is 5. The molecular weight excluding hydrogens is 404 g/mol. The van der Waals surface area contributed by atoms with E-state index in [4.69, 9.17) is 4.74 Å². The molecule has 0 saturated carbocycles. The lowest BCUT2D eigenvalue weighted by Crippen LogP contribution is -2.04. The number of carbonyl (C=O) groups excluding carboxylic acids is 1. The zero-order chi connectivity index (χ0) is 21.9. The molecule has 2 aromatic carbocycles. The van der Waals surface area contributed by atoms with Crippen LogP contribution in [0, 0.1) is 0 Å². The lowest BCUT2D eigenvalue weighted by atomic mass is 9.96. The van der Waals surface area contributed by atoms with Gasteiger partial charge in [-0.3, -0.25) is 0 Å². The summed E-state index contributed by atoms with van der Waals surface area (Å²) >= 11 is 1.16. The van der Waals surface area contributed by atoms with E-state index in [1.165, 1.54) is 76.9 Å². The van der Waals surface area contributed by atoms with Crippen LogP contribution in [0.15, 0.2) is 36.4 Å². The van der Waals surface area contributed by atoms with E-state index in [1.54, 1.807) is 6.07 Å². The molecule has 1 aromatic heterocycles. The van der Waals surface area contributed by atoms with Gasteiger partial charge >= 0.3 is 5.97 Å². The van der Waals surface area contributed by atoms with Gasteiger partial charge in [0.05, 0.1) is 24.4 Å². The second-order valence-corrected chi connectivity index (χ2v) is 8.77. The summed E-state index contributed by atoms with van der Waals surface area (Å²) in [6.07, 6.45) is 14.6. The predicted molar refractivity (Wildman–Crippen MR) is 130 cm³/mol. The molecule has 166 valence electrons. The van der Waals surface area contributed by atoms with E-state index >= 15 is 0 Å². The molecule has 0 amide bonds. The molecule has 0 radical (unpaired) electrons. The third kappa shape index (κ3) is 6.60. The largest absolute Gasteiger partial charge is 0.465 e. The van der Waals surface area contributed by atoms with E-state index < -0.39 is 0 Å². The van der Waals surface area contributed by atoms with E-state index in [1.807, 2.05) is 6.07 Å². The number of methoxy groups -OCH3 is 1. The first-order chi connectivity index (χ1) is 15.2. The van der Waals surface area contributed by atoms with Gasteiger partial charge in [-0.2, -0.15) is 8.75 Å². The summed E-state index contributed by atoms with van der Waals surface area (Å²) in [6, 6.07) is 12.1. The average Bonchev–Trinajstić information content (AvgIpc) is 3.28. The number of ether oxygens (including phenoxy) is 1.